The normalized spacial score (nSPS) is 28.8. The lowest BCUT2D eigenvalue weighted by molar-refractivity contribution is -0.143. The Bertz CT molecular complexity index is 496. The Labute approximate surface area is 115 Å². The summed E-state index contributed by atoms with van der Waals surface area (Å²) in [7, 11) is 0. The van der Waals surface area contributed by atoms with Crippen LogP contribution in [0, 0.1) is 5.92 Å². The molecule has 3 saturated carbocycles. The van der Waals surface area contributed by atoms with E-state index in [9.17, 15) is 26.3 Å². The molecule has 0 N–H and O–H groups in total. The molecule has 20 heavy (non-hydrogen) atoms. The van der Waals surface area contributed by atoms with Crippen LogP contribution in [-0.4, -0.2) is 4.75 Å². The molecule has 3 aliphatic rings. The minimum absolute atomic E-state index is 0.0605. The Morgan fingerprint density at radius 2 is 1.30 bits per heavy atom. The summed E-state index contributed by atoms with van der Waals surface area (Å²) in [6, 6.07) is 1.81. The SMILES string of the molecule is FC(F)(F)c1cc(SC23CC(C2)C3)cc(C(F)(F)F)c1. The average molecular weight is 312 g/mol. The van der Waals surface area contributed by atoms with Crippen molar-refractivity contribution in [2.24, 2.45) is 5.92 Å². The van der Waals surface area contributed by atoms with Gasteiger partial charge in [0.1, 0.15) is 0 Å². The molecule has 3 aliphatic carbocycles. The summed E-state index contributed by atoms with van der Waals surface area (Å²) >= 11 is 1.16. The van der Waals surface area contributed by atoms with Crippen LogP contribution in [0.2, 0.25) is 0 Å². The minimum Gasteiger partial charge on any atom is -0.166 e. The van der Waals surface area contributed by atoms with E-state index in [1.807, 2.05) is 0 Å². The Morgan fingerprint density at radius 1 is 0.850 bits per heavy atom. The Hall–Kier alpha value is -0.850. The van der Waals surface area contributed by atoms with E-state index in [0.717, 1.165) is 43.2 Å². The van der Waals surface area contributed by atoms with Crippen molar-refractivity contribution in [3.63, 3.8) is 0 Å². The maximum absolute atomic E-state index is 12.7. The molecule has 0 aromatic heterocycles. The van der Waals surface area contributed by atoms with Crippen LogP contribution in [0.25, 0.3) is 0 Å². The summed E-state index contributed by atoms with van der Waals surface area (Å²) in [4.78, 5) is 0.0605. The predicted molar refractivity (Wildman–Crippen MR) is 62.4 cm³/mol. The van der Waals surface area contributed by atoms with Gasteiger partial charge in [-0.3, -0.25) is 0 Å². The van der Waals surface area contributed by atoms with Crippen LogP contribution >= 0.6 is 11.8 Å². The van der Waals surface area contributed by atoms with Gasteiger partial charge < -0.3 is 0 Å². The molecule has 0 heterocycles. The van der Waals surface area contributed by atoms with Crippen LogP contribution in [0.4, 0.5) is 26.3 Å². The third kappa shape index (κ3) is 2.40. The number of rotatable bonds is 2. The maximum atomic E-state index is 12.7. The van der Waals surface area contributed by atoms with E-state index in [0.29, 0.717) is 5.92 Å². The number of benzene rings is 1. The summed E-state index contributed by atoms with van der Waals surface area (Å²) in [6.07, 6.45) is -6.84. The highest BCUT2D eigenvalue weighted by Crippen LogP contribution is 2.66. The van der Waals surface area contributed by atoms with Crippen LogP contribution < -0.4 is 0 Å². The average Bonchev–Trinajstić information content (AvgIpc) is 2.19. The third-order valence-electron chi connectivity index (χ3n) is 3.88. The van der Waals surface area contributed by atoms with Gasteiger partial charge in [-0.25, -0.2) is 0 Å². The van der Waals surface area contributed by atoms with Gasteiger partial charge >= 0.3 is 12.4 Å². The van der Waals surface area contributed by atoms with Gasteiger partial charge in [-0.2, -0.15) is 26.3 Å². The van der Waals surface area contributed by atoms with E-state index >= 15 is 0 Å². The van der Waals surface area contributed by atoms with Gasteiger partial charge in [0.15, 0.2) is 0 Å². The van der Waals surface area contributed by atoms with Gasteiger partial charge in [-0.05, 0) is 43.4 Å². The number of hydrogen-bond acceptors (Lipinski definition) is 1. The Kier molecular flexibility index (Phi) is 2.88. The number of alkyl halides is 6. The molecule has 110 valence electrons. The van der Waals surface area contributed by atoms with Crippen molar-refractivity contribution >= 4 is 11.8 Å². The molecule has 1 aromatic rings. The summed E-state index contributed by atoms with van der Waals surface area (Å²) in [6.45, 7) is 0. The summed E-state index contributed by atoms with van der Waals surface area (Å²) in [5, 5.41) is 0. The lowest BCUT2D eigenvalue weighted by atomic mass is 9.55. The second-order valence-electron chi connectivity index (χ2n) is 5.51. The molecular formula is C13H10F6S. The van der Waals surface area contributed by atoms with Gasteiger partial charge in [0.05, 0.1) is 11.1 Å². The highest BCUT2D eigenvalue weighted by atomic mass is 32.2. The lowest BCUT2D eigenvalue weighted by Gasteiger charge is -2.61. The molecule has 0 nitrogen and oxygen atoms in total. The number of hydrogen-bond donors (Lipinski definition) is 0. The quantitative estimate of drug-likeness (QED) is 0.662. The standard InChI is InChI=1S/C13H10F6S/c14-12(15,16)8-1-9(13(17,18)19)3-10(2-8)20-11-4-7(5-11)6-11/h1-3,7H,4-6H2. The lowest BCUT2D eigenvalue weighted by Crippen LogP contribution is -2.55. The Morgan fingerprint density at radius 3 is 1.60 bits per heavy atom. The summed E-state index contributed by atoms with van der Waals surface area (Å²) in [5.41, 5.74) is -2.47. The number of halogens is 6. The first-order chi connectivity index (χ1) is 9.07. The molecule has 0 radical (unpaired) electrons. The second kappa shape index (κ2) is 4.08. The van der Waals surface area contributed by atoms with Gasteiger partial charge in [0, 0.05) is 9.64 Å². The summed E-state index contributed by atoms with van der Waals surface area (Å²) in [5.74, 6) is 0.621. The highest BCUT2D eigenvalue weighted by molar-refractivity contribution is 8.00. The van der Waals surface area contributed by atoms with E-state index < -0.39 is 23.5 Å². The van der Waals surface area contributed by atoms with Gasteiger partial charge in [0.2, 0.25) is 0 Å². The van der Waals surface area contributed by atoms with Crippen LogP contribution in [0.15, 0.2) is 23.1 Å². The van der Waals surface area contributed by atoms with Crippen molar-refractivity contribution < 1.29 is 26.3 Å². The van der Waals surface area contributed by atoms with Crippen molar-refractivity contribution in [2.75, 3.05) is 0 Å². The van der Waals surface area contributed by atoms with E-state index in [2.05, 4.69) is 0 Å². The molecule has 1 aromatic carbocycles. The summed E-state index contributed by atoms with van der Waals surface area (Å²) < 4.78 is 76.1. The van der Waals surface area contributed by atoms with Crippen LogP contribution in [0.1, 0.15) is 30.4 Å². The van der Waals surface area contributed by atoms with Crippen LogP contribution in [-0.2, 0) is 12.4 Å². The molecule has 4 rings (SSSR count). The van der Waals surface area contributed by atoms with Gasteiger partial charge in [-0.1, -0.05) is 0 Å². The van der Waals surface area contributed by atoms with E-state index in [-0.39, 0.29) is 15.7 Å². The van der Waals surface area contributed by atoms with Crippen molar-refractivity contribution in [3.8, 4) is 0 Å². The predicted octanol–water partition coefficient (Wildman–Crippen LogP) is 5.37. The van der Waals surface area contributed by atoms with Crippen molar-refractivity contribution in [1.82, 2.24) is 0 Å². The molecule has 0 saturated heterocycles. The molecular weight excluding hydrogens is 302 g/mol. The number of thioether (sulfide) groups is 1. The molecule has 0 spiro atoms. The first-order valence-electron chi connectivity index (χ1n) is 6.06. The van der Waals surface area contributed by atoms with Crippen molar-refractivity contribution in [2.45, 2.75) is 41.3 Å². The fourth-order valence-electron chi connectivity index (χ4n) is 2.76. The van der Waals surface area contributed by atoms with Crippen LogP contribution in [0.5, 0.6) is 0 Å². The molecule has 7 heteroatoms. The Balaban J connectivity index is 1.95. The molecule has 3 fully saturated rings. The van der Waals surface area contributed by atoms with E-state index in [4.69, 9.17) is 0 Å². The molecule has 2 bridgehead atoms. The second-order valence-corrected chi connectivity index (χ2v) is 7.05. The zero-order chi connectivity index (χ0) is 14.8. The largest absolute Gasteiger partial charge is 0.416 e. The first-order valence-corrected chi connectivity index (χ1v) is 6.88. The zero-order valence-corrected chi connectivity index (χ0v) is 10.9. The topological polar surface area (TPSA) is 0 Å². The van der Waals surface area contributed by atoms with E-state index in [1.54, 1.807) is 0 Å². The monoisotopic (exact) mass is 312 g/mol. The fraction of sp³-hybridized carbons (Fsp3) is 0.538. The van der Waals surface area contributed by atoms with Gasteiger partial charge in [0.25, 0.3) is 0 Å². The fourth-order valence-corrected chi connectivity index (χ4v) is 4.59. The van der Waals surface area contributed by atoms with Gasteiger partial charge in [-0.15, -0.1) is 11.8 Å². The first kappa shape index (κ1) is 14.1. The zero-order valence-electron chi connectivity index (χ0n) is 10.1. The van der Waals surface area contributed by atoms with Crippen molar-refractivity contribution in [3.05, 3.63) is 29.3 Å². The maximum Gasteiger partial charge on any atom is 0.416 e. The molecule has 0 amide bonds. The molecule has 0 atom stereocenters. The van der Waals surface area contributed by atoms with Crippen LogP contribution in [0.3, 0.4) is 0 Å². The third-order valence-corrected chi connectivity index (χ3v) is 5.28. The van der Waals surface area contributed by atoms with E-state index in [1.165, 1.54) is 0 Å². The van der Waals surface area contributed by atoms with Crippen molar-refractivity contribution in [1.29, 1.82) is 0 Å². The smallest absolute Gasteiger partial charge is 0.166 e. The molecule has 0 aliphatic heterocycles. The molecule has 0 unspecified atom stereocenters. The minimum atomic E-state index is -4.77. The highest BCUT2D eigenvalue weighted by Gasteiger charge is 2.57.